The normalized spacial score (nSPS) is 24.8. The van der Waals surface area contributed by atoms with Gasteiger partial charge in [-0.15, -0.1) is 0 Å². The first kappa shape index (κ1) is 15.5. The zero-order valence-electron chi connectivity index (χ0n) is 13.2. The fourth-order valence-electron chi connectivity index (χ4n) is 3.16. The van der Waals surface area contributed by atoms with Crippen LogP contribution in [0.3, 0.4) is 0 Å². The third-order valence-electron chi connectivity index (χ3n) is 4.42. The predicted octanol–water partition coefficient (Wildman–Crippen LogP) is 3.68. The lowest BCUT2D eigenvalue weighted by atomic mass is 9.83. The molecular weight excluding hydrogens is 250 g/mol. The van der Waals surface area contributed by atoms with Crippen LogP contribution in [0.4, 0.5) is 0 Å². The van der Waals surface area contributed by atoms with Crippen LogP contribution in [-0.2, 0) is 6.42 Å². The van der Waals surface area contributed by atoms with E-state index in [4.69, 9.17) is 4.52 Å². The van der Waals surface area contributed by atoms with Crippen molar-refractivity contribution in [2.75, 3.05) is 6.54 Å². The van der Waals surface area contributed by atoms with E-state index in [1.807, 2.05) is 0 Å². The van der Waals surface area contributed by atoms with E-state index in [-0.39, 0.29) is 0 Å². The Balaban J connectivity index is 1.90. The second-order valence-electron chi connectivity index (χ2n) is 6.25. The van der Waals surface area contributed by atoms with Gasteiger partial charge in [0.2, 0.25) is 5.89 Å². The van der Waals surface area contributed by atoms with Crippen LogP contribution in [0.2, 0.25) is 0 Å². The van der Waals surface area contributed by atoms with Gasteiger partial charge in [-0.3, -0.25) is 0 Å². The van der Waals surface area contributed by atoms with E-state index in [1.54, 1.807) is 0 Å². The van der Waals surface area contributed by atoms with Crippen molar-refractivity contribution in [2.24, 2.45) is 5.92 Å². The van der Waals surface area contributed by atoms with Gasteiger partial charge in [0.15, 0.2) is 5.82 Å². The number of hydrogen-bond acceptors (Lipinski definition) is 4. The molecule has 1 heterocycles. The maximum atomic E-state index is 5.47. The maximum Gasteiger partial charge on any atom is 0.228 e. The van der Waals surface area contributed by atoms with E-state index in [9.17, 15) is 0 Å². The van der Waals surface area contributed by atoms with E-state index >= 15 is 0 Å². The molecule has 2 rings (SSSR count). The highest BCUT2D eigenvalue weighted by Gasteiger charge is 2.24. The molecule has 1 atom stereocenters. The summed E-state index contributed by atoms with van der Waals surface area (Å²) in [6, 6.07) is 0.463. The predicted molar refractivity (Wildman–Crippen MR) is 80.7 cm³/mol. The first-order chi connectivity index (χ1) is 9.72. The topological polar surface area (TPSA) is 51.0 Å². The van der Waals surface area contributed by atoms with Crippen LogP contribution >= 0.6 is 0 Å². The Morgan fingerprint density at radius 1 is 1.25 bits per heavy atom. The van der Waals surface area contributed by atoms with Crippen LogP contribution in [0, 0.1) is 5.92 Å². The smallest absolute Gasteiger partial charge is 0.228 e. The summed E-state index contributed by atoms with van der Waals surface area (Å²) in [5.74, 6) is 3.13. The number of likely N-dealkylation sites (N-methyl/N-ethyl adjacent to an activating group) is 1. The van der Waals surface area contributed by atoms with Crippen molar-refractivity contribution < 1.29 is 4.52 Å². The highest BCUT2D eigenvalue weighted by molar-refractivity contribution is 4.98. The van der Waals surface area contributed by atoms with E-state index in [1.165, 1.54) is 32.1 Å². The van der Waals surface area contributed by atoms with Crippen molar-refractivity contribution in [3.05, 3.63) is 11.7 Å². The SMILES string of the molecule is CCCC(Cc1nc(C2CCC(C)CC2)no1)NCC. The minimum Gasteiger partial charge on any atom is -0.339 e. The molecule has 1 aliphatic carbocycles. The van der Waals surface area contributed by atoms with Crippen LogP contribution in [-0.4, -0.2) is 22.7 Å². The lowest BCUT2D eigenvalue weighted by Crippen LogP contribution is -2.30. The first-order valence-corrected chi connectivity index (χ1v) is 8.28. The van der Waals surface area contributed by atoms with Gasteiger partial charge in [0.05, 0.1) is 0 Å². The molecule has 114 valence electrons. The summed E-state index contributed by atoms with van der Waals surface area (Å²) in [6.45, 7) is 7.69. The fraction of sp³-hybridized carbons (Fsp3) is 0.875. The van der Waals surface area contributed by atoms with Gasteiger partial charge in [-0.05, 0) is 31.7 Å². The molecule has 4 heteroatoms. The minimum absolute atomic E-state index is 0.463. The van der Waals surface area contributed by atoms with Gasteiger partial charge in [-0.25, -0.2) is 0 Å². The molecule has 0 radical (unpaired) electrons. The number of rotatable bonds is 7. The van der Waals surface area contributed by atoms with E-state index < -0.39 is 0 Å². The van der Waals surface area contributed by atoms with Crippen molar-refractivity contribution in [3.8, 4) is 0 Å². The first-order valence-electron chi connectivity index (χ1n) is 8.28. The fourth-order valence-corrected chi connectivity index (χ4v) is 3.16. The van der Waals surface area contributed by atoms with Crippen molar-refractivity contribution in [3.63, 3.8) is 0 Å². The number of nitrogens with zero attached hydrogens (tertiary/aromatic N) is 2. The molecule has 0 spiro atoms. The van der Waals surface area contributed by atoms with Gasteiger partial charge in [-0.2, -0.15) is 4.98 Å². The summed E-state index contributed by atoms with van der Waals surface area (Å²) < 4.78 is 5.47. The molecule has 20 heavy (non-hydrogen) atoms. The van der Waals surface area contributed by atoms with Gasteiger partial charge in [0.25, 0.3) is 0 Å². The lowest BCUT2D eigenvalue weighted by Gasteiger charge is -2.23. The highest BCUT2D eigenvalue weighted by Crippen LogP contribution is 2.34. The minimum atomic E-state index is 0.463. The summed E-state index contributed by atoms with van der Waals surface area (Å²) in [6.07, 6.45) is 8.22. The Hall–Kier alpha value is -0.900. The molecule has 1 N–H and O–H groups in total. The molecule has 1 aliphatic rings. The average Bonchev–Trinajstić information content (AvgIpc) is 2.89. The maximum absolute atomic E-state index is 5.47. The molecule has 1 unspecified atom stereocenters. The summed E-state index contributed by atoms with van der Waals surface area (Å²) in [7, 11) is 0. The monoisotopic (exact) mass is 279 g/mol. The molecule has 0 bridgehead atoms. The Morgan fingerprint density at radius 2 is 2.00 bits per heavy atom. The molecule has 1 aromatic rings. The van der Waals surface area contributed by atoms with E-state index in [0.717, 1.165) is 37.0 Å². The Labute approximate surface area is 122 Å². The van der Waals surface area contributed by atoms with Crippen LogP contribution in [0.1, 0.15) is 76.9 Å². The quantitative estimate of drug-likeness (QED) is 0.827. The lowest BCUT2D eigenvalue weighted by molar-refractivity contribution is 0.319. The molecule has 0 aliphatic heterocycles. The number of nitrogens with one attached hydrogen (secondary N) is 1. The van der Waals surface area contributed by atoms with Gasteiger partial charge in [-0.1, -0.05) is 45.2 Å². The Morgan fingerprint density at radius 3 is 2.65 bits per heavy atom. The number of aromatic nitrogens is 2. The Bertz CT molecular complexity index is 377. The van der Waals surface area contributed by atoms with Crippen molar-refractivity contribution >= 4 is 0 Å². The summed E-state index contributed by atoms with van der Waals surface area (Å²) in [5.41, 5.74) is 0. The van der Waals surface area contributed by atoms with Crippen molar-refractivity contribution in [1.29, 1.82) is 0 Å². The van der Waals surface area contributed by atoms with Crippen LogP contribution < -0.4 is 5.32 Å². The third kappa shape index (κ3) is 4.30. The molecule has 4 nitrogen and oxygen atoms in total. The molecule has 0 amide bonds. The molecular formula is C16H29N3O. The molecule has 1 aromatic heterocycles. The molecule has 1 fully saturated rings. The van der Waals surface area contributed by atoms with E-state index in [2.05, 4.69) is 36.2 Å². The number of hydrogen-bond donors (Lipinski definition) is 1. The van der Waals surface area contributed by atoms with Gasteiger partial charge >= 0.3 is 0 Å². The zero-order valence-corrected chi connectivity index (χ0v) is 13.2. The third-order valence-corrected chi connectivity index (χ3v) is 4.42. The standard InChI is InChI=1S/C16H29N3O/c1-4-6-14(17-5-2)11-15-18-16(19-20-15)13-9-7-12(3)8-10-13/h12-14,17H,4-11H2,1-3H3. The summed E-state index contributed by atoms with van der Waals surface area (Å²) >= 11 is 0. The van der Waals surface area contributed by atoms with Gasteiger partial charge in [0, 0.05) is 18.4 Å². The Kier molecular flexibility index (Phi) is 6.02. The van der Waals surface area contributed by atoms with Crippen LogP contribution in [0.15, 0.2) is 4.52 Å². The van der Waals surface area contributed by atoms with Crippen molar-refractivity contribution in [1.82, 2.24) is 15.5 Å². The van der Waals surface area contributed by atoms with Crippen LogP contribution in [0.25, 0.3) is 0 Å². The second kappa shape index (κ2) is 7.77. The largest absolute Gasteiger partial charge is 0.339 e. The van der Waals surface area contributed by atoms with Crippen molar-refractivity contribution in [2.45, 2.75) is 77.7 Å². The highest BCUT2D eigenvalue weighted by atomic mass is 16.5. The molecule has 0 aromatic carbocycles. The zero-order chi connectivity index (χ0) is 14.4. The van der Waals surface area contributed by atoms with E-state index in [0.29, 0.717) is 12.0 Å². The summed E-state index contributed by atoms with van der Waals surface area (Å²) in [5, 5.41) is 7.72. The van der Waals surface area contributed by atoms with Gasteiger partial charge < -0.3 is 9.84 Å². The molecule has 0 saturated heterocycles. The second-order valence-corrected chi connectivity index (χ2v) is 6.25. The summed E-state index contributed by atoms with van der Waals surface area (Å²) in [4.78, 5) is 4.65. The molecule has 1 saturated carbocycles. The van der Waals surface area contributed by atoms with Crippen LogP contribution in [0.5, 0.6) is 0 Å². The average molecular weight is 279 g/mol. The van der Waals surface area contributed by atoms with Gasteiger partial charge in [0.1, 0.15) is 0 Å².